The minimum atomic E-state index is -0.254. The number of aryl methyl sites for hydroxylation is 1. The van der Waals surface area contributed by atoms with Crippen LogP contribution in [0.4, 0.5) is 11.4 Å². The van der Waals surface area contributed by atoms with Crippen LogP contribution in [0.5, 0.6) is 0 Å². The maximum atomic E-state index is 12.4. The fourth-order valence-electron chi connectivity index (χ4n) is 3.71. The molecule has 2 heterocycles. The van der Waals surface area contributed by atoms with Crippen LogP contribution < -0.4 is 20.8 Å². The number of anilines is 2. The molecule has 4 N–H and O–H groups in total. The van der Waals surface area contributed by atoms with Gasteiger partial charge < -0.3 is 25.1 Å². The highest BCUT2D eigenvalue weighted by molar-refractivity contribution is 6.30. The van der Waals surface area contributed by atoms with Crippen LogP contribution in [0.1, 0.15) is 5.56 Å². The molecule has 0 saturated carbocycles. The molecule has 7 nitrogen and oxygen atoms in total. The standard InChI is InChI=1S/C20H22ClN5O2/c1-13-2-3-14(21)10-18(13)26-8-6-25(7-9-26)12-19(27)22-15-4-5-16-17(11-15)24-20(28)23-16/h2-5,10-11H,6-9,12H2,1H3,(H,22,27)(H2,23,24,28)/p+1. The molecule has 1 aliphatic heterocycles. The summed E-state index contributed by atoms with van der Waals surface area (Å²) in [5.41, 5.74) is 4.21. The molecule has 1 amide bonds. The molecule has 0 atom stereocenters. The molecule has 0 unspecified atom stereocenters. The summed E-state index contributed by atoms with van der Waals surface area (Å²) in [5, 5.41) is 3.67. The number of rotatable bonds is 4. The molecule has 0 bridgehead atoms. The van der Waals surface area contributed by atoms with E-state index < -0.39 is 0 Å². The van der Waals surface area contributed by atoms with Crippen molar-refractivity contribution < 1.29 is 9.69 Å². The van der Waals surface area contributed by atoms with Gasteiger partial charge in [-0.1, -0.05) is 17.7 Å². The summed E-state index contributed by atoms with van der Waals surface area (Å²) < 4.78 is 0. The van der Waals surface area contributed by atoms with Gasteiger partial charge >= 0.3 is 5.69 Å². The summed E-state index contributed by atoms with van der Waals surface area (Å²) in [6, 6.07) is 11.3. The van der Waals surface area contributed by atoms with Gasteiger partial charge in [-0.25, -0.2) is 4.79 Å². The number of nitrogens with zero attached hydrogens (tertiary/aromatic N) is 1. The van der Waals surface area contributed by atoms with Gasteiger partial charge in [0.15, 0.2) is 6.54 Å². The number of imidazole rings is 1. The highest BCUT2D eigenvalue weighted by Crippen LogP contribution is 2.24. The van der Waals surface area contributed by atoms with Crippen LogP contribution in [0.15, 0.2) is 41.2 Å². The zero-order valence-electron chi connectivity index (χ0n) is 15.6. The third-order valence-electron chi connectivity index (χ3n) is 5.19. The highest BCUT2D eigenvalue weighted by Gasteiger charge is 2.23. The minimum absolute atomic E-state index is 0.0281. The summed E-state index contributed by atoms with van der Waals surface area (Å²) in [5.74, 6) is -0.0281. The number of hydrogen-bond acceptors (Lipinski definition) is 3. The van der Waals surface area contributed by atoms with Crippen LogP contribution in [0.3, 0.4) is 0 Å². The smallest absolute Gasteiger partial charge is 0.323 e. The second kappa shape index (κ2) is 7.69. The molecule has 8 heteroatoms. The first-order valence-electron chi connectivity index (χ1n) is 9.34. The van der Waals surface area contributed by atoms with E-state index in [-0.39, 0.29) is 11.6 Å². The Labute approximate surface area is 167 Å². The molecular formula is C20H23ClN5O2+. The highest BCUT2D eigenvalue weighted by atomic mass is 35.5. The normalized spacial score (nSPS) is 15.1. The number of nitrogens with one attached hydrogen (secondary N) is 4. The largest absolute Gasteiger partial charge is 0.360 e. The number of amides is 1. The third kappa shape index (κ3) is 4.05. The Morgan fingerprint density at radius 1 is 1.14 bits per heavy atom. The van der Waals surface area contributed by atoms with Crippen molar-refractivity contribution in [2.45, 2.75) is 6.92 Å². The summed E-state index contributed by atoms with van der Waals surface area (Å²) in [6.07, 6.45) is 0. The molecule has 2 aromatic carbocycles. The second-order valence-corrected chi connectivity index (χ2v) is 7.67. The van der Waals surface area contributed by atoms with Crippen LogP contribution >= 0.6 is 11.6 Å². The number of hydrogen-bond donors (Lipinski definition) is 4. The Balaban J connectivity index is 1.33. The molecule has 1 saturated heterocycles. The van der Waals surface area contributed by atoms with Crippen molar-refractivity contribution >= 4 is 39.9 Å². The lowest BCUT2D eigenvalue weighted by molar-refractivity contribution is -0.892. The van der Waals surface area contributed by atoms with E-state index in [1.54, 1.807) is 18.2 Å². The van der Waals surface area contributed by atoms with Crippen LogP contribution in [0, 0.1) is 6.92 Å². The van der Waals surface area contributed by atoms with Gasteiger partial charge in [-0.15, -0.1) is 0 Å². The molecule has 1 aliphatic rings. The van der Waals surface area contributed by atoms with E-state index in [1.165, 1.54) is 16.2 Å². The first-order chi connectivity index (χ1) is 13.5. The molecule has 1 aromatic heterocycles. The number of H-pyrrole nitrogens is 2. The van der Waals surface area contributed by atoms with Crippen LogP contribution in [-0.4, -0.2) is 48.6 Å². The van der Waals surface area contributed by atoms with E-state index in [0.29, 0.717) is 17.7 Å². The number of halogens is 1. The number of fused-ring (bicyclic) bond motifs is 1. The number of carbonyl (C=O) groups excluding carboxylic acids is 1. The molecule has 28 heavy (non-hydrogen) atoms. The van der Waals surface area contributed by atoms with E-state index in [2.05, 4.69) is 27.1 Å². The second-order valence-electron chi connectivity index (χ2n) is 7.23. The van der Waals surface area contributed by atoms with E-state index in [0.717, 1.165) is 36.7 Å². The number of aromatic amines is 2. The first-order valence-corrected chi connectivity index (χ1v) is 9.72. The Morgan fingerprint density at radius 2 is 1.89 bits per heavy atom. The number of carbonyl (C=O) groups is 1. The van der Waals surface area contributed by atoms with Gasteiger partial charge in [0, 0.05) is 16.4 Å². The molecule has 1 fully saturated rings. The molecule has 3 aromatic rings. The topological polar surface area (TPSA) is 85.4 Å². The van der Waals surface area contributed by atoms with E-state index >= 15 is 0 Å². The van der Waals surface area contributed by atoms with E-state index in [1.807, 2.05) is 18.2 Å². The molecule has 146 valence electrons. The van der Waals surface area contributed by atoms with Crippen molar-refractivity contribution in [3.8, 4) is 0 Å². The fraction of sp³-hybridized carbons (Fsp3) is 0.300. The monoisotopic (exact) mass is 400 g/mol. The first kappa shape index (κ1) is 18.6. The number of aromatic nitrogens is 2. The van der Waals surface area contributed by atoms with Crippen molar-refractivity contribution in [3.63, 3.8) is 0 Å². The average molecular weight is 401 g/mol. The predicted molar refractivity (Wildman–Crippen MR) is 112 cm³/mol. The SMILES string of the molecule is Cc1ccc(Cl)cc1N1CC[NH+](CC(=O)Nc2ccc3[nH]c(=O)[nH]c3c2)CC1. The van der Waals surface area contributed by atoms with Gasteiger partial charge in [0.05, 0.1) is 37.2 Å². The van der Waals surface area contributed by atoms with Gasteiger partial charge in [-0.05, 0) is 42.8 Å². The average Bonchev–Trinajstić information content (AvgIpc) is 3.03. The van der Waals surface area contributed by atoms with Crippen LogP contribution in [0.25, 0.3) is 11.0 Å². The quantitative estimate of drug-likeness (QED) is 0.530. The Morgan fingerprint density at radius 3 is 2.68 bits per heavy atom. The molecule has 0 spiro atoms. The van der Waals surface area contributed by atoms with Crippen molar-refractivity contribution in [2.75, 3.05) is 42.9 Å². The Kier molecular flexibility index (Phi) is 5.11. The maximum Gasteiger partial charge on any atom is 0.323 e. The summed E-state index contributed by atoms with van der Waals surface area (Å²) in [6.45, 7) is 6.07. The van der Waals surface area contributed by atoms with Crippen LogP contribution in [0.2, 0.25) is 5.02 Å². The van der Waals surface area contributed by atoms with Crippen molar-refractivity contribution in [1.29, 1.82) is 0 Å². The molecule has 4 rings (SSSR count). The maximum absolute atomic E-state index is 12.4. The van der Waals surface area contributed by atoms with Gasteiger partial charge in [0.1, 0.15) is 0 Å². The van der Waals surface area contributed by atoms with Crippen molar-refractivity contribution in [2.24, 2.45) is 0 Å². The van der Waals surface area contributed by atoms with Crippen molar-refractivity contribution in [1.82, 2.24) is 9.97 Å². The zero-order chi connectivity index (χ0) is 19.7. The van der Waals surface area contributed by atoms with Gasteiger partial charge in [-0.3, -0.25) is 4.79 Å². The zero-order valence-corrected chi connectivity index (χ0v) is 16.4. The molecular weight excluding hydrogens is 378 g/mol. The van der Waals surface area contributed by atoms with E-state index in [4.69, 9.17) is 11.6 Å². The molecule has 0 radical (unpaired) electrons. The molecule has 0 aliphatic carbocycles. The van der Waals surface area contributed by atoms with Gasteiger partial charge in [0.2, 0.25) is 0 Å². The summed E-state index contributed by atoms with van der Waals surface area (Å²) in [4.78, 5) is 32.7. The summed E-state index contributed by atoms with van der Waals surface area (Å²) >= 11 is 6.14. The van der Waals surface area contributed by atoms with Gasteiger partial charge in [-0.2, -0.15) is 0 Å². The third-order valence-corrected chi connectivity index (χ3v) is 5.43. The van der Waals surface area contributed by atoms with Crippen molar-refractivity contribution in [3.05, 3.63) is 57.5 Å². The van der Waals surface area contributed by atoms with Gasteiger partial charge in [0.25, 0.3) is 5.91 Å². The fourth-order valence-corrected chi connectivity index (χ4v) is 3.87. The Hall–Kier alpha value is -2.77. The number of quaternary nitrogens is 1. The lowest BCUT2D eigenvalue weighted by atomic mass is 10.1. The number of benzene rings is 2. The number of piperazine rings is 1. The lowest BCUT2D eigenvalue weighted by Gasteiger charge is -2.34. The van der Waals surface area contributed by atoms with Crippen LogP contribution in [-0.2, 0) is 4.79 Å². The summed E-state index contributed by atoms with van der Waals surface area (Å²) in [7, 11) is 0. The predicted octanol–water partition coefficient (Wildman–Crippen LogP) is 1.16. The minimum Gasteiger partial charge on any atom is -0.360 e. The van der Waals surface area contributed by atoms with E-state index in [9.17, 15) is 9.59 Å². The lowest BCUT2D eigenvalue weighted by Crippen LogP contribution is -3.15. The Bertz CT molecular complexity index is 1070.